The maximum atomic E-state index is 13.0. The van der Waals surface area contributed by atoms with Gasteiger partial charge in [0.05, 0.1) is 22.5 Å². The van der Waals surface area contributed by atoms with Crippen molar-refractivity contribution in [1.82, 2.24) is 15.1 Å². The molecule has 5 nitrogen and oxygen atoms in total. The smallest absolute Gasteiger partial charge is 0.255 e. The third-order valence-electron chi connectivity index (χ3n) is 3.90. The number of aryl methyl sites for hydroxylation is 1. The molecule has 1 aliphatic heterocycles. The molecule has 2 heterocycles. The molecule has 0 bridgehead atoms. The van der Waals surface area contributed by atoms with E-state index in [1.807, 2.05) is 66.7 Å². The fourth-order valence-corrected chi connectivity index (χ4v) is 3.22. The maximum Gasteiger partial charge on any atom is 0.255 e. The van der Waals surface area contributed by atoms with E-state index in [1.54, 1.807) is 4.68 Å². The molecular weight excluding hydrogens is 348 g/mol. The summed E-state index contributed by atoms with van der Waals surface area (Å²) in [7, 11) is 0. The molecular formula is C20H25ClN4O. The molecule has 0 unspecified atom stereocenters. The monoisotopic (exact) mass is 372 g/mol. The number of carbonyl (C=O) groups excluding carboxylic acids is 1. The average molecular weight is 373 g/mol. The normalized spacial score (nSPS) is 15.2. The summed E-state index contributed by atoms with van der Waals surface area (Å²) in [5.41, 5.74) is 3.22. The first kappa shape index (κ1) is 18.6. The molecule has 1 aromatic heterocycles. The Morgan fingerprint density at radius 3 is 2.38 bits per heavy atom. The molecule has 138 valence electrons. The topological polar surface area (TPSA) is 59.3 Å². The van der Waals surface area contributed by atoms with Gasteiger partial charge in [-0.25, -0.2) is 4.68 Å². The average Bonchev–Trinajstić information content (AvgIpc) is 2.91. The zero-order valence-electron chi connectivity index (χ0n) is 16.4. The Kier molecular flexibility index (Phi) is 4.26. The van der Waals surface area contributed by atoms with Crippen LogP contribution in [0.5, 0.6) is 0 Å². The minimum Gasteiger partial charge on any atom is -0.347 e. The Morgan fingerprint density at radius 1 is 1.15 bits per heavy atom. The Balaban J connectivity index is 2.27. The highest BCUT2D eigenvalue weighted by Crippen LogP contribution is 2.38. The molecule has 1 amide bonds. The Hall–Kier alpha value is -2.14. The van der Waals surface area contributed by atoms with Crippen molar-refractivity contribution in [3.05, 3.63) is 40.0 Å². The molecule has 6 heteroatoms. The second kappa shape index (κ2) is 5.95. The standard InChI is InChI=1S/C20H25ClN4O/c1-11-15(18(26)23-20(5,6)7)16-14-10-12(21)8-9-13(14)17(25(16)24-11)22-19(2,3)4/h8-10H,1-7H3,(H,23,26). The lowest BCUT2D eigenvalue weighted by Crippen LogP contribution is -2.40. The Bertz CT molecular complexity index is 927. The van der Waals surface area contributed by atoms with Gasteiger partial charge in [-0.1, -0.05) is 11.6 Å². The van der Waals surface area contributed by atoms with Crippen molar-refractivity contribution < 1.29 is 4.79 Å². The quantitative estimate of drug-likeness (QED) is 0.686. The van der Waals surface area contributed by atoms with Crippen LogP contribution < -0.4 is 5.32 Å². The summed E-state index contributed by atoms with van der Waals surface area (Å²) in [4.78, 5) is 17.8. The molecule has 0 saturated carbocycles. The summed E-state index contributed by atoms with van der Waals surface area (Å²) in [6.07, 6.45) is 0. The summed E-state index contributed by atoms with van der Waals surface area (Å²) in [5, 5.41) is 8.29. The predicted molar refractivity (Wildman–Crippen MR) is 106 cm³/mol. The highest BCUT2D eigenvalue weighted by atomic mass is 35.5. The van der Waals surface area contributed by atoms with Gasteiger partial charge in [-0.05, 0) is 66.7 Å². The molecule has 0 aliphatic carbocycles. The first-order chi connectivity index (χ1) is 11.9. The van der Waals surface area contributed by atoms with Gasteiger partial charge in [0.1, 0.15) is 0 Å². The van der Waals surface area contributed by atoms with E-state index in [2.05, 4.69) is 10.4 Å². The van der Waals surface area contributed by atoms with E-state index in [9.17, 15) is 4.79 Å². The third kappa shape index (κ3) is 3.40. The summed E-state index contributed by atoms with van der Waals surface area (Å²) in [5.74, 6) is 0.608. The van der Waals surface area contributed by atoms with Crippen molar-refractivity contribution >= 4 is 23.3 Å². The number of amides is 1. The van der Waals surface area contributed by atoms with E-state index < -0.39 is 0 Å². The van der Waals surface area contributed by atoms with Crippen LogP contribution in [-0.2, 0) is 0 Å². The Morgan fingerprint density at radius 2 is 1.81 bits per heavy atom. The third-order valence-corrected chi connectivity index (χ3v) is 4.13. The fraction of sp³-hybridized carbons (Fsp3) is 0.450. The van der Waals surface area contributed by atoms with Crippen LogP contribution in [0, 0.1) is 6.92 Å². The lowest BCUT2D eigenvalue weighted by molar-refractivity contribution is 0.0919. The van der Waals surface area contributed by atoms with Crippen LogP contribution in [0.15, 0.2) is 23.2 Å². The second-order valence-corrected chi connectivity index (χ2v) is 9.16. The SMILES string of the molecule is Cc1nn2c(c1C(=O)NC(C)(C)C)-c1cc(Cl)ccc1C2=NC(C)(C)C. The van der Waals surface area contributed by atoms with Gasteiger partial charge in [0.2, 0.25) is 0 Å². The zero-order valence-corrected chi connectivity index (χ0v) is 17.1. The molecule has 2 aromatic rings. The first-order valence-corrected chi connectivity index (χ1v) is 9.08. The highest BCUT2D eigenvalue weighted by Gasteiger charge is 2.34. The second-order valence-electron chi connectivity index (χ2n) is 8.72. The minimum atomic E-state index is -0.337. The number of aliphatic imine (C=N–C) groups is 1. The number of hydrogen-bond acceptors (Lipinski definition) is 3. The van der Waals surface area contributed by atoms with Gasteiger partial charge in [-0.2, -0.15) is 5.10 Å². The molecule has 0 atom stereocenters. The van der Waals surface area contributed by atoms with Crippen molar-refractivity contribution in [3.8, 4) is 11.3 Å². The summed E-state index contributed by atoms with van der Waals surface area (Å²) < 4.78 is 1.78. The number of carbonyl (C=O) groups is 1. The van der Waals surface area contributed by atoms with Crippen LogP contribution >= 0.6 is 11.6 Å². The number of benzene rings is 1. The lowest BCUT2D eigenvalue weighted by Gasteiger charge is -2.20. The van der Waals surface area contributed by atoms with Gasteiger partial charge < -0.3 is 5.32 Å². The maximum absolute atomic E-state index is 13.0. The molecule has 3 rings (SSSR count). The minimum absolute atomic E-state index is 0.140. The molecule has 0 fully saturated rings. The first-order valence-electron chi connectivity index (χ1n) is 8.70. The number of aromatic nitrogens is 2. The van der Waals surface area contributed by atoms with Gasteiger partial charge in [-0.3, -0.25) is 9.79 Å². The number of halogens is 1. The van der Waals surface area contributed by atoms with Crippen molar-refractivity contribution in [2.45, 2.75) is 59.5 Å². The van der Waals surface area contributed by atoms with Crippen LogP contribution in [0.2, 0.25) is 5.02 Å². The van der Waals surface area contributed by atoms with Crippen molar-refractivity contribution in [1.29, 1.82) is 0 Å². The molecule has 0 spiro atoms. The number of nitrogens with zero attached hydrogens (tertiary/aromatic N) is 3. The molecule has 1 aromatic carbocycles. The van der Waals surface area contributed by atoms with Gasteiger partial charge in [0.25, 0.3) is 5.91 Å². The summed E-state index contributed by atoms with van der Waals surface area (Å²) >= 11 is 6.25. The highest BCUT2D eigenvalue weighted by molar-refractivity contribution is 6.31. The van der Waals surface area contributed by atoms with Crippen LogP contribution in [-0.4, -0.2) is 32.6 Å². The number of fused-ring (bicyclic) bond motifs is 3. The van der Waals surface area contributed by atoms with E-state index in [0.29, 0.717) is 16.3 Å². The van der Waals surface area contributed by atoms with Gasteiger partial charge in [0, 0.05) is 21.7 Å². The van der Waals surface area contributed by atoms with E-state index in [1.165, 1.54) is 0 Å². The van der Waals surface area contributed by atoms with Gasteiger partial charge in [-0.15, -0.1) is 0 Å². The predicted octanol–water partition coefficient (Wildman–Crippen LogP) is 4.45. The number of rotatable bonds is 1. The van der Waals surface area contributed by atoms with Crippen molar-refractivity contribution in [2.75, 3.05) is 0 Å². The summed E-state index contributed by atoms with van der Waals surface area (Å²) in [6.45, 7) is 13.8. The van der Waals surface area contributed by atoms with Gasteiger partial charge >= 0.3 is 0 Å². The van der Waals surface area contributed by atoms with Crippen LogP contribution in [0.3, 0.4) is 0 Å². The number of hydrogen-bond donors (Lipinski definition) is 1. The van der Waals surface area contributed by atoms with Crippen LogP contribution in [0.4, 0.5) is 0 Å². The van der Waals surface area contributed by atoms with E-state index in [-0.39, 0.29) is 17.0 Å². The zero-order chi connectivity index (χ0) is 19.4. The number of nitrogens with one attached hydrogen (secondary N) is 1. The molecule has 26 heavy (non-hydrogen) atoms. The lowest BCUT2D eigenvalue weighted by atomic mass is 10.0. The van der Waals surface area contributed by atoms with E-state index >= 15 is 0 Å². The summed E-state index contributed by atoms with van der Waals surface area (Å²) in [6, 6.07) is 5.66. The van der Waals surface area contributed by atoms with Crippen molar-refractivity contribution in [2.24, 2.45) is 4.99 Å². The fourth-order valence-electron chi connectivity index (χ4n) is 3.05. The molecule has 1 aliphatic rings. The van der Waals surface area contributed by atoms with Gasteiger partial charge in [0.15, 0.2) is 5.84 Å². The van der Waals surface area contributed by atoms with Crippen molar-refractivity contribution in [3.63, 3.8) is 0 Å². The largest absolute Gasteiger partial charge is 0.347 e. The molecule has 1 N–H and O–H groups in total. The van der Waals surface area contributed by atoms with Crippen LogP contribution in [0.1, 0.15) is 63.2 Å². The van der Waals surface area contributed by atoms with E-state index in [4.69, 9.17) is 16.6 Å². The molecule has 0 saturated heterocycles. The molecule has 0 radical (unpaired) electrons. The Labute approximate surface area is 159 Å². The van der Waals surface area contributed by atoms with Crippen LogP contribution in [0.25, 0.3) is 11.3 Å². The van der Waals surface area contributed by atoms with E-state index in [0.717, 1.165) is 22.7 Å².